The lowest BCUT2D eigenvalue weighted by molar-refractivity contribution is -0.142. The van der Waals surface area contributed by atoms with Gasteiger partial charge in [-0.2, -0.15) is 12.6 Å². The maximum atomic E-state index is 10.4. The summed E-state index contributed by atoms with van der Waals surface area (Å²) in [6, 6.07) is 0. The molecule has 0 spiro atoms. The molecule has 0 bridgehead atoms. The molecular formula is C18H36O4S. The van der Waals surface area contributed by atoms with Crippen molar-refractivity contribution < 1.29 is 19.0 Å². The first-order valence-corrected chi connectivity index (χ1v) is 9.24. The minimum atomic E-state index is -0.457. The van der Waals surface area contributed by atoms with E-state index >= 15 is 0 Å². The fourth-order valence-electron chi connectivity index (χ4n) is 2.04. The molecule has 0 rings (SSSR count). The van der Waals surface area contributed by atoms with Crippen LogP contribution in [0.4, 0.5) is 0 Å². The van der Waals surface area contributed by atoms with Crippen LogP contribution >= 0.6 is 12.6 Å². The predicted molar refractivity (Wildman–Crippen MR) is 98.2 cm³/mol. The fourth-order valence-corrected chi connectivity index (χ4v) is 2.13. The third-order valence-electron chi connectivity index (χ3n) is 4.18. The van der Waals surface area contributed by atoms with Crippen molar-refractivity contribution in [1.82, 2.24) is 0 Å². The lowest BCUT2D eigenvalue weighted by Gasteiger charge is -2.26. The fraction of sp³-hybridized carbons (Fsp3) is 0.944. The maximum absolute atomic E-state index is 10.4. The molecule has 23 heavy (non-hydrogen) atoms. The van der Waals surface area contributed by atoms with Crippen molar-refractivity contribution in [1.29, 1.82) is 0 Å². The van der Waals surface area contributed by atoms with Gasteiger partial charge >= 0.3 is 0 Å². The van der Waals surface area contributed by atoms with Gasteiger partial charge < -0.3 is 14.2 Å². The first-order valence-electron chi connectivity index (χ1n) is 8.61. The second-order valence-electron chi connectivity index (χ2n) is 7.54. The van der Waals surface area contributed by atoms with Gasteiger partial charge in [0.2, 0.25) is 0 Å². The molecule has 138 valence electrons. The van der Waals surface area contributed by atoms with Gasteiger partial charge in [-0.25, -0.2) is 0 Å². The topological polar surface area (TPSA) is 44.8 Å². The van der Waals surface area contributed by atoms with Gasteiger partial charge in [-0.05, 0) is 53.4 Å². The van der Waals surface area contributed by atoms with Gasteiger partial charge in [-0.1, -0.05) is 13.3 Å². The average molecular weight is 349 g/mol. The van der Waals surface area contributed by atoms with Crippen LogP contribution in [-0.2, 0) is 19.0 Å². The van der Waals surface area contributed by atoms with E-state index in [0.29, 0.717) is 25.4 Å². The van der Waals surface area contributed by atoms with Crippen LogP contribution in [0.1, 0.15) is 67.2 Å². The van der Waals surface area contributed by atoms with Crippen LogP contribution in [0.25, 0.3) is 0 Å². The van der Waals surface area contributed by atoms with Gasteiger partial charge in [0.15, 0.2) is 0 Å². The molecule has 0 aromatic heterocycles. The zero-order valence-electron chi connectivity index (χ0n) is 15.8. The van der Waals surface area contributed by atoms with Gasteiger partial charge in [0.1, 0.15) is 5.60 Å². The Morgan fingerprint density at radius 3 is 2.26 bits per heavy atom. The zero-order valence-corrected chi connectivity index (χ0v) is 16.7. The lowest BCUT2D eigenvalue weighted by Crippen LogP contribution is -2.28. The van der Waals surface area contributed by atoms with Crippen LogP contribution in [0.2, 0.25) is 0 Å². The molecule has 0 aliphatic carbocycles. The number of carbonyl (C=O) groups excluding carboxylic acids is 1. The van der Waals surface area contributed by atoms with E-state index in [1.165, 1.54) is 0 Å². The van der Waals surface area contributed by atoms with Crippen LogP contribution in [0, 0.1) is 5.92 Å². The van der Waals surface area contributed by atoms with Crippen molar-refractivity contribution in [3.05, 3.63) is 0 Å². The van der Waals surface area contributed by atoms with Gasteiger partial charge in [0, 0.05) is 18.8 Å². The Labute approximate surface area is 148 Å². The van der Waals surface area contributed by atoms with Crippen molar-refractivity contribution >= 4 is 19.1 Å². The van der Waals surface area contributed by atoms with E-state index in [2.05, 4.69) is 40.3 Å². The number of hydrogen-bond donors (Lipinski definition) is 1. The molecule has 0 heterocycles. The quantitative estimate of drug-likeness (QED) is 0.289. The van der Waals surface area contributed by atoms with Crippen molar-refractivity contribution in [3.63, 3.8) is 0 Å². The zero-order chi connectivity index (χ0) is 17.9. The van der Waals surface area contributed by atoms with E-state index in [-0.39, 0.29) is 11.7 Å². The Kier molecular flexibility index (Phi) is 11.2. The maximum Gasteiger partial charge on any atom is 0.293 e. The first kappa shape index (κ1) is 22.7. The third kappa shape index (κ3) is 11.8. The van der Waals surface area contributed by atoms with Crippen LogP contribution in [0.5, 0.6) is 0 Å². The second kappa shape index (κ2) is 11.3. The Hall–Kier alpha value is -0.260. The number of carbonyl (C=O) groups is 1. The molecule has 0 aliphatic heterocycles. The summed E-state index contributed by atoms with van der Waals surface area (Å²) in [5.74, 6) is 1.24. The Morgan fingerprint density at radius 2 is 1.70 bits per heavy atom. The molecule has 0 aromatic rings. The van der Waals surface area contributed by atoms with Gasteiger partial charge in [0.05, 0.1) is 18.3 Å². The minimum absolute atomic E-state index is 0.137. The second-order valence-corrected chi connectivity index (χ2v) is 7.86. The smallest absolute Gasteiger partial charge is 0.293 e. The molecular weight excluding hydrogens is 312 g/mol. The molecule has 2 atom stereocenters. The van der Waals surface area contributed by atoms with Crippen molar-refractivity contribution in [2.45, 2.75) is 84.5 Å². The monoisotopic (exact) mass is 348 g/mol. The predicted octanol–water partition coefficient (Wildman–Crippen LogP) is 4.26. The molecule has 4 nitrogen and oxygen atoms in total. The Morgan fingerprint density at radius 1 is 1.04 bits per heavy atom. The molecule has 0 saturated carbocycles. The summed E-state index contributed by atoms with van der Waals surface area (Å²) >= 11 is 4.28. The number of hydrogen-bond acceptors (Lipinski definition) is 5. The average Bonchev–Trinajstić information content (AvgIpc) is 2.46. The summed E-state index contributed by atoms with van der Waals surface area (Å²) in [4.78, 5) is 10.4. The number of thiol groups is 1. The Balaban J connectivity index is 3.78. The molecule has 0 radical (unpaired) electrons. The summed E-state index contributed by atoms with van der Waals surface area (Å²) in [6.07, 6.45) is 4.23. The van der Waals surface area contributed by atoms with E-state index in [9.17, 15) is 4.79 Å². The van der Waals surface area contributed by atoms with Crippen LogP contribution in [0.15, 0.2) is 0 Å². The summed E-state index contributed by atoms with van der Waals surface area (Å²) in [5, 5.41) is 0. The standard InChI is InChI=1S/C18H36O4S/c1-15(9-7-8-11-21-18(5,6)13-23)16(2)20-12-10-17(3,4)22-14-19/h14-16,23H,7-13H2,1-6H3. The highest BCUT2D eigenvalue weighted by atomic mass is 32.1. The summed E-state index contributed by atoms with van der Waals surface area (Å²) in [5.41, 5.74) is -0.594. The van der Waals surface area contributed by atoms with Crippen molar-refractivity contribution in [2.75, 3.05) is 19.0 Å². The Bertz CT molecular complexity index is 318. The van der Waals surface area contributed by atoms with E-state index in [1.807, 2.05) is 13.8 Å². The molecule has 0 amide bonds. The van der Waals surface area contributed by atoms with Crippen molar-refractivity contribution in [3.8, 4) is 0 Å². The first-order chi connectivity index (χ1) is 10.6. The van der Waals surface area contributed by atoms with Crippen molar-refractivity contribution in [2.24, 2.45) is 5.92 Å². The van der Waals surface area contributed by atoms with Crippen LogP contribution in [-0.4, -0.2) is 42.7 Å². The number of ether oxygens (including phenoxy) is 3. The summed E-state index contributed by atoms with van der Waals surface area (Å²) < 4.78 is 16.7. The SMILES string of the molecule is CC(CCCCOC(C)(C)CS)C(C)OCCC(C)(C)OC=O. The van der Waals surface area contributed by atoms with Gasteiger partial charge in [0.25, 0.3) is 6.47 Å². The lowest BCUT2D eigenvalue weighted by atomic mass is 9.99. The van der Waals surface area contributed by atoms with E-state index in [4.69, 9.17) is 14.2 Å². The highest BCUT2D eigenvalue weighted by molar-refractivity contribution is 7.80. The minimum Gasteiger partial charge on any atom is -0.462 e. The van der Waals surface area contributed by atoms with Gasteiger partial charge in [-0.15, -0.1) is 0 Å². The highest BCUT2D eigenvalue weighted by Gasteiger charge is 2.20. The van der Waals surface area contributed by atoms with Gasteiger partial charge in [-0.3, -0.25) is 4.79 Å². The number of unbranched alkanes of at least 4 members (excludes halogenated alkanes) is 1. The molecule has 0 aromatic carbocycles. The largest absolute Gasteiger partial charge is 0.462 e. The summed E-state index contributed by atoms with van der Waals surface area (Å²) in [7, 11) is 0. The molecule has 0 fully saturated rings. The molecule has 0 saturated heterocycles. The highest BCUT2D eigenvalue weighted by Crippen LogP contribution is 2.19. The molecule has 5 heteroatoms. The van der Waals surface area contributed by atoms with Crippen LogP contribution in [0.3, 0.4) is 0 Å². The molecule has 2 unspecified atom stereocenters. The molecule has 0 N–H and O–H groups in total. The van der Waals surface area contributed by atoms with E-state index < -0.39 is 5.60 Å². The molecule has 0 aliphatic rings. The van der Waals surface area contributed by atoms with E-state index in [1.54, 1.807) is 0 Å². The number of rotatable bonds is 14. The summed E-state index contributed by atoms with van der Waals surface area (Å²) in [6.45, 7) is 14.1. The third-order valence-corrected chi connectivity index (χ3v) is 4.94. The normalized spacial score (nSPS) is 15.3. The van der Waals surface area contributed by atoms with Crippen LogP contribution < -0.4 is 0 Å². The van der Waals surface area contributed by atoms with E-state index in [0.717, 1.165) is 31.6 Å².